The first-order chi connectivity index (χ1) is 18.0. The monoisotopic (exact) mass is 531 g/mol. The Morgan fingerprint density at radius 3 is 2.68 bits per heavy atom. The average Bonchev–Trinajstić information content (AvgIpc) is 3.34. The third kappa shape index (κ3) is 5.56. The van der Waals surface area contributed by atoms with Crippen LogP contribution in [-0.2, 0) is 20.2 Å². The van der Waals surface area contributed by atoms with Gasteiger partial charge in [-0.15, -0.1) is 0 Å². The van der Waals surface area contributed by atoms with Crippen molar-refractivity contribution in [1.29, 1.82) is 0 Å². The first-order valence-electron chi connectivity index (χ1n) is 11.7. The van der Waals surface area contributed by atoms with E-state index in [1.54, 1.807) is 19.5 Å². The van der Waals surface area contributed by atoms with E-state index in [0.717, 1.165) is 49.6 Å². The van der Waals surface area contributed by atoms with E-state index < -0.39 is 0 Å². The van der Waals surface area contributed by atoms with Gasteiger partial charge in [0.2, 0.25) is 0 Å². The standard InChI is InChI=1S/C28H26ClN5O2S/c1-18-13-23(26-11-12-31-34(26)2)22-5-4-6-27(28(22)33-18)36-17-24-19(14-30-16-25(24)29)15-32-37-21-9-7-20(35-3)8-10-21/h4-14,16,32H,15,17H2,1-3H3. The minimum atomic E-state index is 0.293. The molecule has 0 amide bonds. The molecular formula is C28H26ClN5O2S. The van der Waals surface area contributed by atoms with Crippen molar-refractivity contribution in [2.24, 2.45) is 7.05 Å². The maximum atomic E-state index is 6.56. The van der Waals surface area contributed by atoms with E-state index in [-0.39, 0.29) is 0 Å². The number of rotatable bonds is 9. The van der Waals surface area contributed by atoms with Gasteiger partial charge in [-0.05, 0) is 66.9 Å². The number of ether oxygens (including phenoxy) is 2. The molecule has 0 unspecified atom stereocenters. The van der Waals surface area contributed by atoms with E-state index in [2.05, 4.69) is 26.9 Å². The third-order valence-corrected chi connectivity index (χ3v) is 7.13. The van der Waals surface area contributed by atoms with Crippen LogP contribution in [0.25, 0.3) is 22.2 Å². The summed E-state index contributed by atoms with van der Waals surface area (Å²) < 4.78 is 16.8. The fraction of sp³-hybridized carbons (Fsp3) is 0.179. The Bertz CT molecular complexity index is 1540. The van der Waals surface area contributed by atoms with E-state index in [0.29, 0.717) is 23.9 Å². The van der Waals surface area contributed by atoms with Crippen molar-refractivity contribution in [2.45, 2.75) is 25.0 Å². The molecule has 188 valence electrons. The van der Waals surface area contributed by atoms with Gasteiger partial charge in [0.25, 0.3) is 0 Å². The Balaban J connectivity index is 1.36. The van der Waals surface area contributed by atoms with Crippen LogP contribution >= 0.6 is 23.5 Å². The minimum Gasteiger partial charge on any atom is -0.497 e. The highest BCUT2D eigenvalue weighted by atomic mass is 35.5. The Labute approximate surface area is 224 Å². The predicted octanol–water partition coefficient (Wildman–Crippen LogP) is 6.38. The Morgan fingerprint density at radius 2 is 1.92 bits per heavy atom. The number of hydrogen-bond donors (Lipinski definition) is 1. The topological polar surface area (TPSA) is 74.1 Å². The summed E-state index contributed by atoms with van der Waals surface area (Å²) in [6.07, 6.45) is 5.26. The molecule has 0 aliphatic heterocycles. The molecule has 2 aromatic carbocycles. The van der Waals surface area contributed by atoms with Crippen molar-refractivity contribution in [2.75, 3.05) is 7.11 Å². The molecule has 0 saturated heterocycles. The molecule has 0 spiro atoms. The summed E-state index contributed by atoms with van der Waals surface area (Å²) in [4.78, 5) is 10.2. The molecule has 0 aliphatic rings. The minimum absolute atomic E-state index is 0.293. The molecule has 0 radical (unpaired) electrons. The van der Waals surface area contributed by atoms with Crippen molar-refractivity contribution in [1.82, 2.24) is 24.5 Å². The lowest BCUT2D eigenvalue weighted by Crippen LogP contribution is -2.09. The molecule has 1 N–H and O–H groups in total. The SMILES string of the molecule is COc1ccc(SNCc2cncc(Cl)c2COc2cccc3c(-c4ccnn4C)cc(C)nc23)cc1. The Kier molecular flexibility index (Phi) is 7.60. The van der Waals surface area contributed by atoms with Gasteiger partial charge < -0.3 is 9.47 Å². The van der Waals surface area contributed by atoms with Crippen LogP contribution in [0, 0.1) is 6.92 Å². The predicted molar refractivity (Wildman–Crippen MR) is 148 cm³/mol. The van der Waals surface area contributed by atoms with Gasteiger partial charge in [0, 0.05) is 59.3 Å². The second-order valence-corrected chi connectivity index (χ2v) is 9.82. The van der Waals surface area contributed by atoms with Crippen molar-refractivity contribution in [3.05, 3.63) is 95.0 Å². The lowest BCUT2D eigenvalue weighted by atomic mass is 10.0. The Hall–Kier alpha value is -3.59. The van der Waals surface area contributed by atoms with Gasteiger partial charge in [0.05, 0.1) is 17.8 Å². The van der Waals surface area contributed by atoms with E-state index in [9.17, 15) is 0 Å². The zero-order chi connectivity index (χ0) is 25.8. The van der Waals surface area contributed by atoms with Crippen molar-refractivity contribution >= 4 is 34.5 Å². The zero-order valence-electron chi connectivity index (χ0n) is 20.7. The highest BCUT2D eigenvalue weighted by Gasteiger charge is 2.15. The van der Waals surface area contributed by atoms with Crippen molar-refractivity contribution < 1.29 is 9.47 Å². The second kappa shape index (κ2) is 11.2. The normalized spacial score (nSPS) is 11.1. The maximum absolute atomic E-state index is 6.56. The molecule has 5 aromatic rings. The summed E-state index contributed by atoms with van der Waals surface area (Å²) in [6, 6.07) is 17.9. The molecule has 0 bridgehead atoms. The molecule has 0 atom stereocenters. The number of methoxy groups -OCH3 is 1. The first-order valence-corrected chi connectivity index (χ1v) is 12.9. The second-order valence-electron chi connectivity index (χ2n) is 8.45. The molecular weight excluding hydrogens is 506 g/mol. The van der Waals surface area contributed by atoms with Gasteiger partial charge in [-0.1, -0.05) is 23.7 Å². The van der Waals surface area contributed by atoms with Crippen LogP contribution in [0.5, 0.6) is 11.5 Å². The van der Waals surface area contributed by atoms with Crippen LogP contribution in [0.4, 0.5) is 0 Å². The van der Waals surface area contributed by atoms with Crippen LogP contribution in [0.2, 0.25) is 5.02 Å². The highest BCUT2D eigenvalue weighted by Crippen LogP contribution is 2.34. The average molecular weight is 532 g/mol. The van der Waals surface area contributed by atoms with Gasteiger partial charge in [-0.3, -0.25) is 14.4 Å². The van der Waals surface area contributed by atoms with Crippen LogP contribution in [0.3, 0.4) is 0 Å². The largest absolute Gasteiger partial charge is 0.497 e. The quantitative estimate of drug-likeness (QED) is 0.221. The fourth-order valence-corrected chi connectivity index (χ4v) is 5.02. The number of halogens is 1. The molecule has 0 saturated carbocycles. The number of nitrogens with one attached hydrogen (secondary N) is 1. The van der Waals surface area contributed by atoms with Crippen molar-refractivity contribution in [3.8, 4) is 22.8 Å². The number of aromatic nitrogens is 4. The van der Waals surface area contributed by atoms with Gasteiger partial charge in [-0.2, -0.15) is 5.10 Å². The van der Waals surface area contributed by atoms with E-state index in [1.807, 2.05) is 67.3 Å². The number of para-hydroxylation sites is 1. The highest BCUT2D eigenvalue weighted by molar-refractivity contribution is 7.97. The molecule has 3 aromatic heterocycles. The lowest BCUT2D eigenvalue weighted by Gasteiger charge is -2.15. The zero-order valence-corrected chi connectivity index (χ0v) is 22.3. The van der Waals surface area contributed by atoms with Crippen LogP contribution < -0.4 is 14.2 Å². The molecule has 37 heavy (non-hydrogen) atoms. The van der Waals surface area contributed by atoms with Gasteiger partial charge in [0.1, 0.15) is 23.6 Å². The molecule has 0 fully saturated rings. The third-order valence-electron chi connectivity index (χ3n) is 6.01. The number of hydrogen-bond acceptors (Lipinski definition) is 7. The van der Waals surface area contributed by atoms with Gasteiger partial charge in [-0.25, -0.2) is 4.98 Å². The van der Waals surface area contributed by atoms with Gasteiger partial charge >= 0.3 is 0 Å². The summed E-state index contributed by atoms with van der Waals surface area (Å²) in [5.41, 5.74) is 5.65. The summed E-state index contributed by atoms with van der Waals surface area (Å²) in [6.45, 7) is 2.85. The number of fused-ring (bicyclic) bond motifs is 1. The fourth-order valence-electron chi connectivity index (χ4n) is 4.12. The number of pyridine rings is 2. The van der Waals surface area contributed by atoms with Gasteiger partial charge in [0.15, 0.2) is 0 Å². The Morgan fingerprint density at radius 1 is 1.08 bits per heavy atom. The lowest BCUT2D eigenvalue weighted by molar-refractivity contribution is 0.308. The number of benzene rings is 2. The molecule has 7 nitrogen and oxygen atoms in total. The first kappa shape index (κ1) is 25.1. The molecule has 0 aliphatic carbocycles. The van der Waals surface area contributed by atoms with E-state index in [4.69, 9.17) is 26.1 Å². The molecule has 5 rings (SSSR count). The number of aryl methyl sites for hydroxylation is 2. The summed E-state index contributed by atoms with van der Waals surface area (Å²) in [7, 11) is 3.59. The van der Waals surface area contributed by atoms with Crippen LogP contribution in [0.1, 0.15) is 16.8 Å². The summed E-state index contributed by atoms with van der Waals surface area (Å²) in [5, 5.41) is 5.90. The van der Waals surface area contributed by atoms with E-state index >= 15 is 0 Å². The van der Waals surface area contributed by atoms with Crippen LogP contribution in [-0.4, -0.2) is 26.9 Å². The maximum Gasteiger partial charge on any atom is 0.146 e. The van der Waals surface area contributed by atoms with Crippen LogP contribution in [0.15, 0.2) is 78.1 Å². The summed E-state index contributed by atoms with van der Waals surface area (Å²) >= 11 is 8.10. The molecule has 9 heteroatoms. The smallest absolute Gasteiger partial charge is 0.146 e. The molecule has 3 heterocycles. The van der Waals surface area contributed by atoms with E-state index in [1.165, 1.54) is 11.9 Å². The van der Waals surface area contributed by atoms with Crippen molar-refractivity contribution in [3.63, 3.8) is 0 Å². The number of nitrogens with zero attached hydrogens (tertiary/aromatic N) is 4. The summed E-state index contributed by atoms with van der Waals surface area (Å²) in [5.74, 6) is 1.53.